The number of phenolic OH excluding ortho intramolecular Hbond substituents is 1. The standard InChI is InChI=1S/C11H9N3O4S/c1-7-5-6-10(19(12-16,13-17)14-18)8-3-2-4-9(15)11(7)8/h2-6,15H,1H3. The smallest absolute Gasteiger partial charge is 0.198 e. The van der Waals surface area contributed by atoms with Crippen LogP contribution in [0.3, 0.4) is 0 Å². The maximum atomic E-state index is 10.8. The quantitative estimate of drug-likeness (QED) is 0.851. The third-order valence-corrected chi connectivity index (χ3v) is 4.36. The first kappa shape index (κ1) is 13.1. The van der Waals surface area contributed by atoms with Crippen molar-refractivity contribution in [3.8, 4) is 5.75 Å². The molecule has 0 amide bonds. The first-order chi connectivity index (χ1) is 9.09. The van der Waals surface area contributed by atoms with Crippen LogP contribution in [0, 0.1) is 21.6 Å². The number of phenols is 1. The Morgan fingerprint density at radius 2 is 1.63 bits per heavy atom. The molecule has 1 N–H and O–H groups in total. The highest BCUT2D eigenvalue weighted by atomic mass is 32.3. The van der Waals surface area contributed by atoms with E-state index >= 15 is 0 Å². The van der Waals surface area contributed by atoms with Crippen molar-refractivity contribution < 1.29 is 5.11 Å². The van der Waals surface area contributed by atoms with Gasteiger partial charge >= 0.3 is 0 Å². The second kappa shape index (κ2) is 4.73. The fourth-order valence-electron chi connectivity index (χ4n) is 1.93. The lowest BCUT2D eigenvalue weighted by atomic mass is 10.0. The average Bonchev–Trinajstić information content (AvgIpc) is 2.43. The van der Waals surface area contributed by atoms with Gasteiger partial charge in [-0.2, -0.15) is 0 Å². The molecule has 0 heterocycles. The van der Waals surface area contributed by atoms with E-state index in [4.69, 9.17) is 0 Å². The van der Waals surface area contributed by atoms with Crippen molar-refractivity contribution in [3.05, 3.63) is 50.6 Å². The molecule has 0 saturated carbocycles. The molecule has 8 heteroatoms. The first-order valence-corrected chi connectivity index (χ1v) is 6.68. The predicted octanol–water partition coefficient (Wildman–Crippen LogP) is 4.06. The summed E-state index contributed by atoms with van der Waals surface area (Å²) in [6.07, 6.45) is 0. The average molecular weight is 279 g/mol. The van der Waals surface area contributed by atoms with Gasteiger partial charge in [-0.3, -0.25) is 0 Å². The van der Waals surface area contributed by atoms with E-state index in [-0.39, 0.29) is 10.6 Å². The van der Waals surface area contributed by atoms with Gasteiger partial charge in [0, 0.05) is 24.5 Å². The number of aryl methyl sites for hydroxylation is 1. The van der Waals surface area contributed by atoms with Gasteiger partial charge in [-0.1, -0.05) is 18.2 Å². The van der Waals surface area contributed by atoms with E-state index in [9.17, 15) is 19.8 Å². The van der Waals surface area contributed by atoms with E-state index in [0.717, 1.165) is 5.56 Å². The fourth-order valence-corrected chi connectivity index (χ4v) is 2.97. The van der Waals surface area contributed by atoms with Gasteiger partial charge in [0.25, 0.3) is 0 Å². The van der Waals surface area contributed by atoms with Crippen LogP contribution >= 0.6 is 10.6 Å². The molecular weight excluding hydrogens is 270 g/mol. The molecule has 0 atom stereocenters. The van der Waals surface area contributed by atoms with Gasteiger partial charge in [0.05, 0.1) is 4.90 Å². The Labute approximate surface area is 109 Å². The number of aromatic hydroxyl groups is 1. The number of hydrogen-bond acceptors (Lipinski definition) is 7. The van der Waals surface area contributed by atoms with Crippen LogP contribution in [0.25, 0.3) is 10.8 Å². The van der Waals surface area contributed by atoms with Crippen molar-refractivity contribution in [2.45, 2.75) is 11.8 Å². The maximum absolute atomic E-state index is 10.8. The molecule has 2 rings (SSSR count). The van der Waals surface area contributed by atoms with Crippen molar-refractivity contribution in [1.29, 1.82) is 0 Å². The van der Waals surface area contributed by atoms with E-state index in [2.05, 4.69) is 13.7 Å². The first-order valence-electron chi connectivity index (χ1n) is 5.18. The molecule has 0 aliphatic carbocycles. The van der Waals surface area contributed by atoms with Crippen molar-refractivity contribution >= 4 is 21.4 Å². The van der Waals surface area contributed by atoms with Gasteiger partial charge in [-0.05, 0) is 24.6 Å². The number of hydrogen-bond donors (Lipinski definition) is 1. The van der Waals surface area contributed by atoms with Crippen LogP contribution in [0.1, 0.15) is 5.56 Å². The Morgan fingerprint density at radius 1 is 1.00 bits per heavy atom. The number of rotatable bonds is 4. The molecule has 0 unspecified atom stereocenters. The van der Waals surface area contributed by atoms with Crippen molar-refractivity contribution in [3.63, 3.8) is 0 Å². The van der Waals surface area contributed by atoms with Gasteiger partial charge in [0.2, 0.25) is 0 Å². The summed E-state index contributed by atoms with van der Waals surface area (Å²) < 4.78 is 7.59. The lowest BCUT2D eigenvalue weighted by molar-refractivity contribution is 0.481. The lowest BCUT2D eigenvalue weighted by Crippen LogP contribution is -1.92. The largest absolute Gasteiger partial charge is 0.507 e. The second-order valence-electron chi connectivity index (χ2n) is 3.82. The van der Waals surface area contributed by atoms with Crippen LogP contribution in [-0.2, 0) is 0 Å². The molecule has 98 valence electrons. The normalized spacial score (nSPS) is 12.1. The van der Waals surface area contributed by atoms with Crippen molar-refractivity contribution in [2.75, 3.05) is 0 Å². The molecule has 0 aromatic heterocycles. The Morgan fingerprint density at radius 3 is 2.21 bits per heavy atom. The Balaban J connectivity index is 2.94. The summed E-state index contributed by atoms with van der Waals surface area (Å²) in [5.41, 5.74) is 0.729. The minimum Gasteiger partial charge on any atom is -0.507 e. The minimum atomic E-state index is -3.55. The van der Waals surface area contributed by atoms with Crippen LogP contribution < -0.4 is 0 Å². The predicted molar refractivity (Wildman–Crippen MR) is 73.6 cm³/mol. The summed E-state index contributed by atoms with van der Waals surface area (Å²) in [6, 6.07) is 7.55. The SMILES string of the molecule is Cc1ccc(S(N=O)(N=O)N=O)c2cccc(O)c12. The Hall–Kier alpha value is -2.35. The van der Waals surface area contributed by atoms with Gasteiger partial charge in [0.15, 0.2) is 10.6 Å². The van der Waals surface area contributed by atoms with Crippen LogP contribution in [0.5, 0.6) is 5.75 Å². The number of nitroso groups, excluding NO2 is 3. The highest BCUT2D eigenvalue weighted by Gasteiger charge is 2.33. The van der Waals surface area contributed by atoms with Crippen molar-refractivity contribution in [1.82, 2.24) is 0 Å². The zero-order chi connectivity index (χ0) is 14.0. The summed E-state index contributed by atoms with van der Waals surface area (Å²) in [7, 11) is -3.55. The molecule has 0 aliphatic heterocycles. The lowest BCUT2D eigenvalue weighted by Gasteiger charge is -2.17. The number of fused-ring (bicyclic) bond motifs is 1. The monoisotopic (exact) mass is 279 g/mol. The molecule has 0 aliphatic rings. The highest BCUT2D eigenvalue weighted by molar-refractivity contribution is 8.30. The summed E-state index contributed by atoms with van der Waals surface area (Å²) >= 11 is 0. The number of nitrogens with zero attached hydrogens (tertiary/aromatic N) is 3. The summed E-state index contributed by atoms with van der Waals surface area (Å²) in [6.45, 7) is 1.75. The molecule has 0 saturated heterocycles. The topological polar surface area (TPSA) is 109 Å². The third-order valence-electron chi connectivity index (χ3n) is 2.79. The molecule has 2 aromatic rings. The van der Waals surface area contributed by atoms with Crippen molar-refractivity contribution in [2.24, 2.45) is 13.7 Å². The summed E-state index contributed by atoms with van der Waals surface area (Å²) in [5.74, 6) is -0.0205. The summed E-state index contributed by atoms with van der Waals surface area (Å²) in [5, 5.41) is 10.7. The van der Waals surface area contributed by atoms with Gasteiger partial charge in [-0.25, -0.2) is 0 Å². The Bertz CT molecular complexity index is 659. The number of benzene rings is 2. The summed E-state index contributed by atoms with van der Waals surface area (Å²) in [4.78, 5) is 32.6. The van der Waals surface area contributed by atoms with E-state index in [0.29, 0.717) is 10.8 Å². The van der Waals surface area contributed by atoms with E-state index in [1.165, 1.54) is 18.2 Å². The molecule has 0 fully saturated rings. The maximum Gasteiger partial charge on any atom is 0.198 e. The van der Waals surface area contributed by atoms with E-state index in [1.807, 2.05) is 0 Å². The molecule has 0 spiro atoms. The molecule has 19 heavy (non-hydrogen) atoms. The van der Waals surface area contributed by atoms with Crippen LogP contribution in [0.2, 0.25) is 0 Å². The van der Waals surface area contributed by atoms with Crippen LogP contribution in [0.4, 0.5) is 0 Å². The molecule has 2 aromatic carbocycles. The Kier molecular flexibility index (Phi) is 3.26. The minimum absolute atomic E-state index is 0.0205. The second-order valence-corrected chi connectivity index (χ2v) is 5.75. The highest BCUT2D eigenvalue weighted by Crippen LogP contribution is 2.61. The van der Waals surface area contributed by atoms with E-state index in [1.54, 1.807) is 19.1 Å². The van der Waals surface area contributed by atoms with Gasteiger partial charge in [-0.15, -0.1) is 14.7 Å². The molecular formula is C11H9N3O4S. The van der Waals surface area contributed by atoms with Gasteiger partial charge in [0.1, 0.15) is 5.75 Å². The third kappa shape index (κ3) is 1.85. The molecule has 0 bridgehead atoms. The zero-order valence-corrected chi connectivity index (χ0v) is 10.6. The molecule has 0 radical (unpaired) electrons. The van der Waals surface area contributed by atoms with Gasteiger partial charge < -0.3 is 5.11 Å². The van der Waals surface area contributed by atoms with Crippen LogP contribution in [0.15, 0.2) is 49.0 Å². The van der Waals surface area contributed by atoms with E-state index < -0.39 is 10.6 Å². The zero-order valence-electron chi connectivity index (χ0n) is 9.81. The fraction of sp³-hybridized carbons (Fsp3) is 0.0909. The molecule has 7 nitrogen and oxygen atoms in total. The van der Waals surface area contributed by atoms with Crippen LogP contribution in [-0.4, -0.2) is 5.11 Å².